The van der Waals surface area contributed by atoms with E-state index in [9.17, 15) is 0 Å². The first-order chi connectivity index (χ1) is 7.87. The molecular formula is C14H25NO2. The molecule has 17 heavy (non-hydrogen) atoms. The summed E-state index contributed by atoms with van der Waals surface area (Å²) < 4.78 is 6.06. The van der Waals surface area contributed by atoms with Crippen LogP contribution in [0.3, 0.4) is 0 Å². The van der Waals surface area contributed by atoms with Gasteiger partial charge in [-0.25, -0.2) is 0 Å². The van der Waals surface area contributed by atoms with Crippen molar-refractivity contribution < 1.29 is 9.84 Å². The zero-order chi connectivity index (χ0) is 12.9. The molecule has 1 N–H and O–H groups in total. The number of ether oxygens (including phenoxy) is 1. The number of hydrogen-bond donors (Lipinski definition) is 1. The Labute approximate surface area is 105 Å². The molecule has 0 amide bonds. The topological polar surface area (TPSA) is 32.7 Å². The Balaban J connectivity index is 2.51. The Bertz CT molecular complexity index is 303. The van der Waals surface area contributed by atoms with Gasteiger partial charge in [0, 0.05) is 6.54 Å². The Morgan fingerprint density at radius 1 is 1.29 bits per heavy atom. The average Bonchev–Trinajstić information content (AvgIpc) is 2.15. The molecule has 1 fully saturated rings. The normalized spacial score (nSPS) is 27.6. The van der Waals surface area contributed by atoms with E-state index in [2.05, 4.69) is 32.6 Å². The van der Waals surface area contributed by atoms with Gasteiger partial charge in [0.1, 0.15) is 5.60 Å². The predicted molar refractivity (Wildman–Crippen MR) is 69.8 cm³/mol. The maximum Gasteiger partial charge on any atom is 0.126 e. The summed E-state index contributed by atoms with van der Waals surface area (Å²) in [5.74, 6) is 6.41. The number of nitrogens with zero attached hydrogens (tertiary/aromatic N) is 1. The van der Waals surface area contributed by atoms with Gasteiger partial charge in [-0.2, -0.15) is 0 Å². The second-order valence-electron chi connectivity index (χ2n) is 5.71. The lowest BCUT2D eigenvalue weighted by Crippen LogP contribution is -2.42. The highest BCUT2D eigenvalue weighted by Crippen LogP contribution is 2.34. The van der Waals surface area contributed by atoms with Gasteiger partial charge in [-0.3, -0.25) is 4.90 Å². The summed E-state index contributed by atoms with van der Waals surface area (Å²) in [5.41, 5.74) is -0.361. The van der Waals surface area contributed by atoms with Crippen LogP contribution in [-0.4, -0.2) is 48.0 Å². The molecule has 0 radical (unpaired) electrons. The number of hydrogen-bond acceptors (Lipinski definition) is 3. The number of aliphatic hydroxyl groups excluding tert-OH is 1. The van der Waals surface area contributed by atoms with Crippen molar-refractivity contribution in [2.24, 2.45) is 0 Å². The molecule has 1 rings (SSSR count). The summed E-state index contributed by atoms with van der Waals surface area (Å²) in [5, 5.41) is 8.79. The van der Waals surface area contributed by atoms with Crippen LogP contribution in [0.25, 0.3) is 0 Å². The van der Waals surface area contributed by atoms with E-state index in [-0.39, 0.29) is 17.8 Å². The quantitative estimate of drug-likeness (QED) is 0.760. The second-order valence-corrected chi connectivity index (χ2v) is 5.71. The molecule has 0 aliphatic carbocycles. The Kier molecular flexibility index (Phi) is 5.00. The standard InChI is InChI=1S/C14H25NO2/c1-13(2)7-5-8-14(3,17-13)9-6-10-15(4)11-12-16/h16H,5,7-8,10-12H2,1-4H3/t14-/m0/s1. The number of rotatable bonds is 3. The van der Waals surface area contributed by atoms with Crippen LogP contribution in [0.1, 0.15) is 40.0 Å². The molecule has 1 atom stereocenters. The van der Waals surface area contributed by atoms with Crippen molar-refractivity contribution in [1.82, 2.24) is 4.90 Å². The van der Waals surface area contributed by atoms with Crippen molar-refractivity contribution in [1.29, 1.82) is 0 Å². The Morgan fingerprint density at radius 2 is 2.00 bits per heavy atom. The van der Waals surface area contributed by atoms with Crippen molar-refractivity contribution in [2.75, 3.05) is 26.7 Å². The van der Waals surface area contributed by atoms with Gasteiger partial charge in [-0.15, -0.1) is 0 Å². The first-order valence-electron chi connectivity index (χ1n) is 6.36. The molecular weight excluding hydrogens is 214 g/mol. The highest BCUT2D eigenvalue weighted by Gasteiger charge is 2.35. The molecule has 0 bridgehead atoms. The van der Waals surface area contributed by atoms with Gasteiger partial charge in [-0.1, -0.05) is 11.8 Å². The van der Waals surface area contributed by atoms with E-state index in [0.717, 1.165) is 12.8 Å². The van der Waals surface area contributed by atoms with Crippen molar-refractivity contribution >= 4 is 0 Å². The molecule has 0 aromatic carbocycles. The lowest BCUT2D eigenvalue weighted by Gasteiger charge is -2.40. The molecule has 0 unspecified atom stereocenters. The minimum Gasteiger partial charge on any atom is -0.395 e. The van der Waals surface area contributed by atoms with Crippen LogP contribution < -0.4 is 0 Å². The lowest BCUT2D eigenvalue weighted by atomic mass is 9.88. The van der Waals surface area contributed by atoms with Crippen LogP contribution in [0.4, 0.5) is 0 Å². The SMILES string of the molecule is CN(CC#C[C@]1(C)CCCC(C)(C)O1)CCO. The van der Waals surface area contributed by atoms with Crippen molar-refractivity contribution in [3.05, 3.63) is 0 Å². The van der Waals surface area contributed by atoms with E-state index in [4.69, 9.17) is 9.84 Å². The zero-order valence-electron chi connectivity index (χ0n) is 11.5. The van der Waals surface area contributed by atoms with Gasteiger partial charge in [0.25, 0.3) is 0 Å². The monoisotopic (exact) mass is 239 g/mol. The van der Waals surface area contributed by atoms with Gasteiger partial charge in [0.05, 0.1) is 18.8 Å². The maximum atomic E-state index is 8.79. The van der Waals surface area contributed by atoms with Gasteiger partial charge in [0.2, 0.25) is 0 Å². The van der Waals surface area contributed by atoms with E-state index in [1.807, 2.05) is 11.9 Å². The Morgan fingerprint density at radius 3 is 2.59 bits per heavy atom. The molecule has 1 saturated heterocycles. The first kappa shape index (κ1) is 14.5. The number of aliphatic hydroxyl groups is 1. The number of likely N-dealkylation sites (N-methyl/N-ethyl adjacent to an activating group) is 1. The van der Waals surface area contributed by atoms with Gasteiger partial charge in [0.15, 0.2) is 0 Å². The minimum atomic E-state index is -0.304. The highest BCUT2D eigenvalue weighted by atomic mass is 16.5. The summed E-state index contributed by atoms with van der Waals surface area (Å²) in [6.45, 7) is 7.86. The van der Waals surface area contributed by atoms with Crippen molar-refractivity contribution in [3.8, 4) is 11.8 Å². The van der Waals surface area contributed by atoms with Crippen molar-refractivity contribution in [3.63, 3.8) is 0 Å². The van der Waals surface area contributed by atoms with Gasteiger partial charge < -0.3 is 9.84 Å². The highest BCUT2D eigenvalue weighted by molar-refractivity contribution is 5.15. The smallest absolute Gasteiger partial charge is 0.126 e. The van der Waals surface area contributed by atoms with Crippen molar-refractivity contribution in [2.45, 2.75) is 51.2 Å². The van der Waals surface area contributed by atoms with Crippen LogP contribution in [0.2, 0.25) is 0 Å². The van der Waals surface area contributed by atoms with Crippen LogP contribution in [0.15, 0.2) is 0 Å². The van der Waals surface area contributed by atoms with E-state index in [0.29, 0.717) is 13.1 Å². The molecule has 0 aromatic heterocycles. The van der Waals surface area contributed by atoms with E-state index in [1.54, 1.807) is 0 Å². The summed E-state index contributed by atoms with van der Waals surface area (Å²) >= 11 is 0. The Hall–Kier alpha value is -0.560. The second kappa shape index (κ2) is 5.86. The summed E-state index contributed by atoms with van der Waals surface area (Å²) in [7, 11) is 1.96. The van der Waals surface area contributed by atoms with E-state index >= 15 is 0 Å². The third-order valence-corrected chi connectivity index (χ3v) is 3.12. The maximum absolute atomic E-state index is 8.79. The largest absolute Gasteiger partial charge is 0.395 e. The molecule has 0 spiro atoms. The zero-order valence-corrected chi connectivity index (χ0v) is 11.5. The van der Waals surface area contributed by atoms with E-state index in [1.165, 1.54) is 6.42 Å². The van der Waals surface area contributed by atoms with E-state index < -0.39 is 0 Å². The molecule has 1 aliphatic heterocycles. The lowest BCUT2D eigenvalue weighted by molar-refractivity contribution is -0.135. The van der Waals surface area contributed by atoms with Crippen LogP contribution in [0.5, 0.6) is 0 Å². The third kappa shape index (κ3) is 5.08. The van der Waals surface area contributed by atoms with Crippen LogP contribution in [-0.2, 0) is 4.74 Å². The fourth-order valence-electron chi connectivity index (χ4n) is 2.26. The summed E-state index contributed by atoms with van der Waals surface area (Å²) in [6.07, 6.45) is 3.28. The van der Waals surface area contributed by atoms with Crippen LogP contribution in [0, 0.1) is 11.8 Å². The molecule has 0 saturated carbocycles. The molecule has 3 heteroatoms. The van der Waals surface area contributed by atoms with Gasteiger partial charge >= 0.3 is 0 Å². The minimum absolute atomic E-state index is 0.0569. The fraction of sp³-hybridized carbons (Fsp3) is 0.857. The molecule has 0 aromatic rings. The predicted octanol–water partition coefficient (Wildman–Crippen LogP) is 1.65. The summed E-state index contributed by atoms with van der Waals surface area (Å²) in [6, 6.07) is 0. The van der Waals surface area contributed by atoms with Gasteiger partial charge in [-0.05, 0) is 47.1 Å². The molecule has 98 valence electrons. The molecule has 1 heterocycles. The first-order valence-corrected chi connectivity index (χ1v) is 6.36. The van der Waals surface area contributed by atoms with Crippen LogP contribution >= 0.6 is 0 Å². The third-order valence-electron chi connectivity index (χ3n) is 3.12. The molecule has 3 nitrogen and oxygen atoms in total. The average molecular weight is 239 g/mol. The summed E-state index contributed by atoms with van der Waals surface area (Å²) in [4.78, 5) is 2.00. The fourth-order valence-corrected chi connectivity index (χ4v) is 2.26. The molecule has 1 aliphatic rings.